The van der Waals surface area contributed by atoms with Gasteiger partial charge in [-0.25, -0.2) is 0 Å². The fourth-order valence-electron chi connectivity index (χ4n) is 2.91. The van der Waals surface area contributed by atoms with Gasteiger partial charge in [0, 0.05) is 16.8 Å². The molecule has 2 aromatic carbocycles. The first-order valence-electron chi connectivity index (χ1n) is 8.65. The smallest absolute Gasteiger partial charge is 0.255 e. The number of hydrogen-bond donors (Lipinski definition) is 2. The molecule has 2 heterocycles. The van der Waals surface area contributed by atoms with Crippen LogP contribution in [0, 0.1) is 6.92 Å². The lowest BCUT2D eigenvalue weighted by Gasteiger charge is -2.18. The first-order valence-corrected chi connectivity index (χ1v) is 8.65. The summed E-state index contributed by atoms with van der Waals surface area (Å²) in [7, 11) is 0. The van der Waals surface area contributed by atoms with Gasteiger partial charge in [-0.15, -0.1) is 0 Å². The number of anilines is 1. The van der Waals surface area contributed by atoms with Crippen LogP contribution < -0.4 is 14.8 Å². The molecule has 6 heteroatoms. The molecule has 1 amide bonds. The van der Waals surface area contributed by atoms with Crippen LogP contribution in [0.3, 0.4) is 0 Å². The Balaban J connectivity index is 1.58. The Morgan fingerprint density at radius 1 is 1.04 bits per heavy atom. The third-order valence-corrected chi connectivity index (χ3v) is 4.39. The van der Waals surface area contributed by atoms with E-state index in [1.807, 2.05) is 25.1 Å². The number of fused-ring (bicyclic) bond motifs is 1. The lowest BCUT2D eigenvalue weighted by molar-refractivity contribution is 0.102. The van der Waals surface area contributed by atoms with Gasteiger partial charge in [-0.3, -0.25) is 4.79 Å². The van der Waals surface area contributed by atoms with E-state index < -0.39 is 0 Å². The number of ether oxygens (including phenoxy) is 2. The predicted octanol–water partition coefficient (Wildman–Crippen LogP) is 3.77. The summed E-state index contributed by atoms with van der Waals surface area (Å²) in [5.74, 6) is 2.11. The molecule has 0 bridgehead atoms. The van der Waals surface area contributed by atoms with Crippen molar-refractivity contribution >= 4 is 11.6 Å². The quantitative estimate of drug-likeness (QED) is 0.736. The Hall–Kier alpha value is -3.25. The zero-order chi connectivity index (χ0) is 18.8. The molecular weight excluding hydrogens is 346 g/mol. The van der Waals surface area contributed by atoms with E-state index in [4.69, 9.17) is 19.0 Å². The van der Waals surface area contributed by atoms with Crippen LogP contribution in [0.15, 0.2) is 52.9 Å². The van der Waals surface area contributed by atoms with Crippen LogP contribution in [0.1, 0.15) is 21.7 Å². The average molecular weight is 365 g/mol. The van der Waals surface area contributed by atoms with Gasteiger partial charge in [0.15, 0.2) is 11.5 Å². The van der Waals surface area contributed by atoms with Crippen molar-refractivity contribution in [3.8, 4) is 22.8 Å². The van der Waals surface area contributed by atoms with Gasteiger partial charge in [-0.2, -0.15) is 0 Å². The number of rotatable bonds is 4. The zero-order valence-electron chi connectivity index (χ0n) is 14.8. The third kappa shape index (κ3) is 3.52. The Morgan fingerprint density at radius 3 is 2.63 bits per heavy atom. The van der Waals surface area contributed by atoms with Gasteiger partial charge >= 0.3 is 0 Å². The number of aliphatic hydroxyl groups is 1. The number of carbonyl (C=O) groups is 1. The fraction of sp³-hybridized carbons (Fsp3) is 0.190. The van der Waals surface area contributed by atoms with E-state index in [0.29, 0.717) is 47.5 Å². The highest BCUT2D eigenvalue weighted by Gasteiger charge is 2.16. The van der Waals surface area contributed by atoms with Crippen LogP contribution in [-0.2, 0) is 6.61 Å². The highest BCUT2D eigenvalue weighted by molar-refractivity contribution is 6.05. The van der Waals surface area contributed by atoms with Gasteiger partial charge < -0.3 is 24.3 Å². The molecule has 0 saturated heterocycles. The predicted molar refractivity (Wildman–Crippen MR) is 100 cm³/mol. The minimum absolute atomic E-state index is 0.153. The summed E-state index contributed by atoms with van der Waals surface area (Å²) >= 11 is 0. The van der Waals surface area contributed by atoms with Gasteiger partial charge in [-0.1, -0.05) is 12.1 Å². The summed E-state index contributed by atoms with van der Waals surface area (Å²) < 4.78 is 16.6. The van der Waals surface area contributed by atoms with Crippen LogP contribution in [0.2, 0.25) is 0 Å². The second-order valence-electron chi connectivity index (χ2n) is 6.27. The highest BCUT2D eigenvalue weighted by Crippen LogP contribution is 2.32. The number of amides is 1. The van der Waals surface area contributed by atoms with Gasteiger partial charge in [-0.05, 0) is 48.9 Å². The SMILES string of the molecule is Cc1ccc(-c2ccc(CO)o2)cc1NC(=O)c1ccc2c(c1)OCCO2. The molecule has 0 saturated carbocycles. The second kappa shape index (κ2) is 7.17. The number of aryl methyl sites for hydroxylation is 1. The van der Waals surface area contributed by atoms with Crippen molar-refractivity contribution < 1.29 is 23.8 Å². The van der Waals surface area contributed by atoms with E-state index in [0.717, 1.165) is 11.1 Å². The summed E-state index contributed by atoms with van der Waals surface area (Å²) in [6.45, 7) is 2.75. The third-order valence-electron chi connectivity index (χ3n) is 4.39. The van der Waals surface area contributed by atoms with Gasteiger partial charge in [0.25, 0.3) is 5.91 Å². The van der Waals surface area contributed by atoms with Crippen molar-refractivity contribution in [1.82, 2.24) is 0 Å². The maximum Gasteiger partial charge on any atom is 0.255 e. The van der Waals surface area contributed by atoms with Gasteiger partial charge in [0.2, 0.25) is 0 Å². The van der Waals surface area contributed by atoms with Crippen molar-refractivity contribution in [2.24, 2.45) is 0 Å². The number of aliphatic hydroxyl groups excluding tert-OH is 1. The topological polar surface area (TPSA) is 80.9 Å². The summed E-state index contributed by atoms with van der Waals surface area (Å²) in [6, 6.07) is 14.3. The number of hydrogen-bond acceptors (Lipinski definition) is 5. The molecular formula is C21H19NO5. The van der Waals surface area contributed by atoms with Crippen LogP contribution >= 0.6 is 0 Å². The summed E-state index contributed by atoms with van der Waals surface area (Å²) in [6.07, 6.45) is 0. The van der Waals surface area contributed by atoms with Crippen molar-refractivity contribution in [3.63, 3.8) is 0 Å². The van der Waals surface area contributed by atoms with E-state index >= 15 is 0 Å². The monoisotopic (exact) mass is 365 g/mol. The van der Waals surface area contributed by atoms with E-state index in [2.05, 4.69) is 5.32 Å². The molecule has 0 spiro atoms. The minimum Gasteiger partial charge on any atom is -0.486 e. The molecule has 0 aliphatic carbocycles. The maximum absolute atomic E-state index is 12.7. The van der Waals surface area contributed by atoms with E-state index in [1.54, 1.807) is 30.3 Å². The van der Waals surface area contributed by atoms with E-state index in [1.165, 1.54) is 0 Å². The molecule has 3 aromatic rings. The Morgan fingerprint density at radius 2 is 1.85 bits per heavy atom. The standard InChI is InChI=1S/C21H19NO5/c1-13-2-3-14(18-7-5-16(12-23)27-18)10-17(13)22-21(24)15-4-6-19-20(11-15)26-9-8-25-19/h2-7,10-11,23H,8-9,12H2,1H3,(H,22,24). The number of benzene rings is 2. The van der Waals surface area contributed by atoms with Crippen molar-refractivity contribution in [3.05, 3.63) is 65.4 Å². The number of nitrogens with one attached hydrogen (secondary N) is 1. The summed E-state index contributed by atoms with van der Waals surface area (Å²) in [5.41, 5.74) is 2.93. The number of furan rings is 1. The van der Waals surface area contributed by atoms with Crippen LogP contribution in [-0.4, -0.2) is 24.2 Å². The van der Waals surface area contributed by atoms with Gasteiger partial charge in [0.05, 0.1) is 0 Å². The maximum atomic E-state index is 12.7. The first-order chi connectivity index (χ1) is 13.1. The number of carbonyl (C=O) groups excluding carboxylic acids is 1. The zero-order valence-corrected chi connectivity index (χ0v) is 14.8. The lowest BCUT2D eigenvalue weighted by Crippen LogP contribution is -2.17. The normalized spacial score (nSPS) is 12.7. The molecule has 6 nitrogen and oxygen atoms in total. The molecule has 2 N–H and O–H groups in total. The first kappa shape index (κ1) is 17.2. The van der Waals surface area contributed by atoms with E-state index in [9.17, 15) is 4.79 Å². The average Bonchev–Trinajstić information content (AvgIpc) is 3.18. The minimum atomic E-state index is -0.234. The summed E-state index contributed by atoms with van der Waals surface area (Å²) in [4.78, 5) is 12.7. The van der Waals surface area contributed by atoms with Crippen LogP contribution in [0.5, 0.6) is 11.5 Å². The molecule has 4 rings (SSSR count). The Kier molecular flexibility index (Phi) is 4.56. The van der Waals surface area contributed by atoms with Crippen LogP contribution in [0.25, 0.3) is 11.3 Å². The molecule has 1 aromatic heterocycles. The molecule has 1 aliphatic rings. The van der Waals surface area contributed by atoms with Gasteiger partial charge in [0.1, 0.15) is 31.3 Å². The Labute approximate surface area is 156 Å². The molecule has 138 valence electrons. The molecule has 0 fully saturated rings. The van der Waals surface area contributed by atoms with Crippen molar-refractivity contribution in [2.75, 3.05) is 18.5 Å². The molecule has 0 radical (unpaired) electrons. The highest BCUT2D eigenvalue weighted by atomic mass is 16.6. The molecule has 27 heavy (non-hydrogen) atoms. The van der Waals surface area contributed by atoms with Crippen LogP contribution in [0.4, 0.5) is 5.69 Å². The van der Waals surface area contributed by atoms with Crippen molar-refractivity contribution in [2.45, 2.75) is 13.5 Å². The van der Waals surface area contributed by atoms with Crippen molar-refractivity contribution in [1.29, 1.82) is 0 Å². The molecule has 0 unspecified atom stereocenters. The second-order valence-corrected chi connectivity index (χ2v) is 6.27. The van der Waals surface area contributed by atoms with E-state index in [-0.39, 0.29) is 12.5 Å². The lowest BCUT2D eigenvalue weighted by atomic mass is 10.1. The largest absolute Gasteiger partial charge is 0.486 e. The summed E-state index contributed by atoms with van der Waals surface area (Å²) in [5, 5.41) is 12.1. The fourth-order valence-corrected chi connectivity index (χ4v) is 2.91. The molecule has 1 aliphatic heterocycles. The molecule has 0 atom stereocenters. The Bertz CT molecular complexity index is 992.